The first-order chi connectivity index (χ1) is 8.95. The number of hydrogen-bond acceptors (Lipinski definition) is 4. The molecule has 1 N–H and O–H groups in total. The van der Waals surface area contributed by atoms with E-state index in [2.05, 4.69) is 43.4 Å². The monoisotopic (exact) mass is 281 g/mol. The van der Waals surface area contributed by atoms with Crippen molar-refractivity contribution in [2.45, 2.75) is 45.6 Å². The number of aromatic nitrogens is 1. The van der Waals surface area contributed by atoms with Crippen molar-refractivity contribution in [3.8, 4) is 0 Å². The topological polar surface area (TPSA) is 28.2 Å². The standard InChI is InChI=1S/C15H27N3S/c1-15(2,3)14-17-13(11-19-14)10-18(4)9-12-5-7-16-8-6-12/h11-12,16H,5-10H2,1-4H3. The van der Waals surface area contributed by atoms with Crippen molar-refractivity contribution < 1.29 is 0 Å². The van der Waals surface area contributed by atoms with Crippen molar-refractivity contribution in [3.63, 3.8) is 0 Å². The third kappa shape index (κ3) is 4.55. The molecule has 19 heavy (non-hydrogen) atoms. The second kappa shape index (κ2) is 6.33. The minimum Gasteiger partial charge on any atom is -0.317 e. The zero-order valence-corrected chi connectivity index (χ0v) is 13.5. The van der Waals surface area contributed by atoms with Gasteiger partial charge in [0, 0.05) is 23.9 Å². The van der Waals surface area contributed by atoms with Crippen LogP contribution in [0.4, 0.5) is 0 Å². The SMILES string of the molecule is CN(Cc1csc(C(C)(C)C)n1)CC1CCNCC1. The van der Waals surface area contributed by atoms with Gasteiger partial charge in [0.25, 0.3) is 0 Å². The fourth-order valence-electron chi connectivity index (χ4n) is 2.57. The van der Waals surface area contributed by atoms with E-state index in [1.165, 1.54) is 43.2 Å². The highest BCUT2D eigenvalue weighted by molar-refractivity contribution is 7.09. The molecule has 0 spiro atoms. The molecule has 1 fully saturated rings. The number of thiazole rings is 1. The summed E-state index contributed by atoms with van der Waals surface area (Å²) in [6.07, 6.45) is 2.63. The fraction of sp³-hybridized carbons (Fsp3) is 0.800. The van der Waals surface area contributed by atoms with Crippen molar-refractivity contribution in [3.05, 3.63) is 16.1 Å². The summed E-state index contributed by atoms with van der Waals surface area (Å²) in [7, 11) is 2.22. The Hall–Kier alpha value is -0.450. The highest BCUT2D eigenvalue weighted by Crippen LogP contribution is 2.26. The number of nitrogens with zero attached hydrogens (tertiary/aromatic N) is 2. The summed E-state index contributed by atoms with van der Waals surface area (Å²) < 4.78 is 0. The molecule has 1 aliphatic rings. The number of nitrogens with one attached hydrogen (secondary N) is 1. The lowest BCUT2D eigenvalue weighted by atomic mass is 9.97. The van der Waals surface area contributed by atoms with Crippen molar-refractivity contribution in [2.75, 3.05) is 26.7 Å². The molecule has 2 rings (SSSR count). The smallest absolute Gasteiger partial charge is 0.0982 e. The molecule has 0 atom stereocenters. The Morgan fingerprint density at radius 1 is 1.37 bits per heavy atom. The summed E-state index contributed by atoms with van der Waals surface area (Å²) in [4.78, 5) is 7.21. The van der Waals surface area contributed by atoms with E-state index in [1.807, 2.05) is 0 Å². The largest absolute Gasteiger partial charge is 0.317 e. The lowest BCUT2D eigenvalue weighted by molar-refractivity contribution is 0.233. The number of rotatable bonds is 4. The highest BCUT2D eigenvalue weighted by Gasteiger charge is 2.19. The molecule has 1 aromatic heterocycles. The summed E-state index contributed by atoms with van der Waals surface area (Å²) in [5.74, 6) is 0.854. The molecule has 1 saturated heterocycles. The normalized spacial score (nSPS) is 18.2. The van der Waals surface area contributed by atoms with E-state index in [4.69, 9.17) is 4.98 Å². The van der Waals surface area contributed by atoms with Crippen LogP contribution in [0.5, 0.6) is 0 Å². The van der Waals surface area contributed by atoms with Gasteiger partial charge in [0.15, 0.2) is 0 Å². The second-order valence-electron chi connectivity index (χ2n) is 6.78. The molecule has 1 aliphatic heterocycles. The molecular formula is C15H27N3S. The van der Waals surface area contributed by atoms with Crippen molar-refractivity contribution >= 4 is 11.3 Å². The average molecular weight is 281 g/mol. The fourth-order valence-corrected chi connectivity index (χ4v) is 3.47. The zero-order chi connectivity index (χ0) is 13.9. The summed E-state index contributed by atoms with van der Waals surface area (Å²) >= 11 is 1.80. The molecule has 1 aromatic rings. The zero-order valence-electron chi connectivity index (χ0n) is 12.7. The van der Waals surface area contributed by atoms with Crippen LogP contribution in [0.15, 0.2) is 5.38 Å². The Bertz CT molecular complexity index is 388. The van der Waals surface area contributed by atoms with Gasteiger partial charge in [0.05, 0.1) is 10.7 Å². The van der Waals surface area contributed by atoms with Crippen LogP contribution in [0.25, 0.3) is 0 Å². The van der Waals surface area contributed by atoms with E-state index in [1.54, 1.807) is 11.3 Å². The Morgan fingerprint density at radius 2 is 2.05 bits per heavy atom. The van der Waals surface area contributed by atoms with Gasteiger partial charge < -0.3 is 10.2 Å². The van der Waals surface area contributed by atoms with Crippen LogP contribution in [-0.4, -0.2) is 36.6 Å². The molecule has 2 heterocycles. The average Bonchev–Trinajstić information content (AvgIpc) is 2.78. The van der Waals surface area contributed by atoms with Gasteiger partial charge in [-0.25, -0.2) is 4.98 Å². The maximum Gasteiger partial charge on any atom is 0.0982 e. The van der Waals surface area contributed by atoms with E-state index < -0.39 is 0 Å². The molecule has 4 heteroatoms. The summed E-state index contributed by atoms with van der Waals surface area (Å²) in [6.45, 7) is 11.2. The second-order valence-corrected chi connectivity index (χ2v) is 7.64. The molecule has 0 unspecified atom stereocenters. The van der Waals surface area contributed by atoms with Crippen molar-refractivity contribution in [1.82, 2.24) is 15.2 Å². The predicted molar refractivity (Wildman–Crippen MR) is 82.7 cm³/mol. The molecule has 0 aromatic carbocycles. The number of hydrogen-bond donors (Lipinski definition) is 1. The molecule has 0 saturated carbocycles. The third-order valence-corrected chi connectivity index (χ3v) is 4.97. The predicted octanol–water partition coefficient (Wildman–Crippen LogP) is 2.87. The van der Waals surface area contributed by atoms with E-state index in [9.17, 15) is 0 Å². The maximum atomic E-state index is 4.78. The molecule has 0 amide bonds. The quantitative estimate of drug-likeness (QED) is 0.920. The first-order valence-corrected chi connectivity index (χ1v) is 8.17. The Labute approximate surface area is 121 Å². The van der Waals surface area contributed by atoms with Crippen LogP contribution in [-0.2, 0) is 12.0 Å². The van der Waals surface area contributed by atoms with Gasteiger partial charge in [-0.15, -0.1) is 11.3 Å². The van der Waals surface area contributed by atoms with Gasteiger partial charge in [0.1, 0.15) is 0 Å². The summed E-state index contributed by atoms with van der Waals surface area (Å²) in [5, 5.41) is 6.90. The highest BCUT2D eigenvalue weighted by atomic mass is 32.1. The van der Waals surface area contributed by atoms with Gasteiger partial charge >= 0.3 is 0 Å². The maximum absolute atomic E-state index is 4.78. The lowest BCUT2D eigenvalue weighted by Crippen LogP contribution is -2.34. The van der Waals surface area contributed by atoms with Crippen LogP contribution in [0.1, 0.15) is 44.3 Å². The van der Waals surface area contributed by atoms with E-state index in [-0.39, 0.29) is 5.41 Å². The van der Waals surface area contributed by atoms with E-state index in [0.717, 1.165) is 12.5 Å². The summed E-state index contributed by atoms with van der Waals surface area (Å²) in [5.41, 5.74) is 1.41. The van der Waals surface area contributed by atoms with Crippen molar-refractivity contribution in [1.29, 1.82) is 0 Å². The Kier molecular flexibility index (Phi) is 4.98. The Balaban J connectivity index is 1.84. The number of piperidine rings is 1. The van der Waals surface area contributed by atoms with Gasteiger partial charge in [-0.1, -0.05) is 20.8 Å². The van der Waals surface area contributed by atoms with Crippen molar-refractivity contribution in [2.24, 2.45) is 5.92 Å². The van der Waals surface area contributed by atoms with Gasteiger partial charge in [0.2, 0.25) is 0 Å². The van der Waals surface area contributed by atoms with Crippen LogP contribution >= 0.6 is 11.3 Å². The molecule has 0 aliphatic carbocycles. The van der Waals surface area contributed by atoms with Crippen LogP contribution < -0.4 is 5.32 Å². The van der Waals surface area contributed by atoms with E-state index in [0.29, 0.717) is 0 Å². The van der Waals surface area contributed by atoms with Gasteiger partial charge in [-0.05, 0) is 38.9 Å². The molecule has 0 radical (unpaired) electrons. The third-order valence-electron chi connectivity index (χ3n) is 3.65. The molecule has 3 nitrogen and oxygen atoms in total. The first-order valence-electron chi connectivity index (χ1n) is 7.29. The molecule has 108 valence electrons. The van der Waals surface area contributed by atoms with Crippen LogP contribution in [0, 0.1) is 5.92 Å². The minimum absolute atomic E-state index is 0.177. The molecule has 0 bridgehead atoms. The molecular weight excluding hydrogens is 254 g/mol. The first kappa shape index (κ1) is 14.9. The van der Waals surface area contributed by atoms with Crippen LogP contribution in [0.2, 0.25) is 0 Å². The van der Waals surface area contributed by atoms with Gasteiger partial charge in [-0.2, -0.15) is 0 Å². The summed E-state index contributed by atoms with van der Waals surface area (Å²) in [6, 6.07) is 0. The Morgan fingerprint density at radius 3 is 2.63 bits per heavy atom. The van der Waals surface area contributed by atoms with E-state index >= 15 is 0 Å². The van der Waals surface area contributed by atoms with Gasteiger partial charge in [-0.3, -0.25) is 0 Å². The minimum atomic E-state index is 0.177. The lowest BCUT2D eigenvalue weighted by Gasteiger charge is -2.27. The van der Waals surface area contributed by atoms with Crippen LogP contribution in [0.3, 0.4) is 0 Å².